The molecule has 1 atom stereocenters. The molecule has 3 rings (SSSR count). The Morgan fingerprint density at radius 2 is 1.50 bits per heavy atom. The van der Waals surface area contributed by atoms with Gasteiger partial charge in [0, 0.05) is 0 Å². The Morgan fingerprint density at radius 3 is 2.18 bits per heavy atom. The standard InChI is InChI=1S/C24H20N2O2/c1-3-24(2,26-17-28)23-14-7-6-13-22(23)21-12-5-4-11-20(21)18-9-8-10-19(15-18)25-16-27/h4-15H,3H2,1-2H3. The molecule has 3 aromatic rings. The van der Waals surface area contributed by atoms with Crippen molar-refractivity contribution >= 4 is 17.8 Å². The third kappa shape index (κ3) is 3.74. The van der Waals surface area contributed by atoms with Crippen LogP contribution in [0.25, 0.3) is 22.3 Å². The zero-order valence-electron chi connectivity index (χ0n) is 15.8. The van der Waals surface area contributed by atoms with Crippen LogP contribution in [0.3, 0.4) is 0 Å². The van der Waals surface area contributed by atoms with E-state index in [0.29, 0.717) is 12.1 Å². The molecular weight excluding hydrogens is 348 g/mol. The van der Waals surface area contributed by atoms with Crippen LogP contribution >= 0.6 is 0 Å². The SMILES string of the molecule is CCC(C)(N=C=O)c1ccccc1-c1ccccc1-c1cccc(N=C=O)c1. The number of hydrogen-bond acceptors (Lipinski definition) is 4. The molecule has 0 aliphatic rings. The highest BCUT2D eigenvalue weighted by Crippen LogP contribution is 2.40. The summed E-state index contributed by atoms with van der Waals surface area (Å²) in [5.41, 5.74) is 4.84. The van der Waals surface area contributed by atoms with Crippen LogP contribution in [0.15, 0.2) is 82.8 Å². The second-order valence-corrected chi connectivity index (χ2v) is 6.68. The second kappa shape index (κ2) is 8.41. The number of aliphatic imine (C=N–C) groups is 2. The molecule has 0 bridgehead atoms. The molecule has 4 nitrogen and oxygen atoms in total. The van der Waals surface area contributed by atoms with Gasteiger partial charge >= 0.3 is 0 Å². The van der Waals surface area contributed by atoms with Gasteiger partial charge in [-0.15, -0.1) is 0 Å². The fourth-order valence-corrected chi connectivity index (χ4v) is 3.38. The van der Waals surface area contributed by atoms with Gasteiger partial charge in [-0.1, -0.05) is 67.6 Å². The minimum Gasteiger partial charge on any atom is -0.211 e. The van der Waals surface area contributed by atoms with Crippen LogP contribution in [0, 0.1) is 0 Å². The van der Waals surface area contributed by atoms with Gasteiger partial charge in [0.2, 0.25) is 12.2 Å². The molecule has 1 unspecified atom stereocenters. The molecule has 0 aliphatic heterocycles. The van der Waals surface area contributed by atoms with E-state index in [9.17, 15) is 9.59 Å². The summed E-state index contributed by atoms with van der Waals surface area (Å²) >= 11 is 0. The van der Waals surface area contributed by atoms with Crippen LogP contribution < -0.4 is 0 Å². The zero-order valence-corrected chi connectivity index (χ0v) is 15.8. The summed E-state index contributed by atoms with van der Waals surface area (Å²) in [5.74, 6) is 0. The van der Waals surface area contributed by atoms with Crippen molar-refractivity contribution in [1.82, 2.24) is 0 Å². The van der Waals surface area contributed by atoms with E-state index < -0.39 is 5.54 Å². The van der Waals surface area contributed by atoms with Gasteiger partial charge in [-0.05, 0) is 53.3 Å². The van der Waals surface area contributed by atoms with Crippen molar-refractivity contribution in [2.45, 2.75) is 25.8 Å². The zero-order chi connectivity index (χ0) is 20.0. The third-order valence-corrected chi connectivity index (χ3v) is 5.04. The minimum absolute atomic E-state index is 0.555. The summed E-state index contributed by atoms with van der Waals surface area (Å²) in [7, 11) is 0. The molecule has 3 aromatic carbocycles. The molecule has 0 N–H and O–H groups in total. The lowest BCUT2D eigenvalue weighted by Gasteiger charge is -2.26. The number of carbonyl (C=O) groups excluding carboxylic acids is 2. The summed E-state index contributed by atoms with van der Waals surface area (Å²) in [6.45, 7) is 3.95. The Bertz CT molecular complexity index is 1090. The monoisotopic (exact) mass is 368 g/mol. The number of isocyanates is 2. The van der Waals surface area contributed by atoms with Crippen LogP contribution in [-0.4, -0.2) is 12.2 Å². The van der Waals surface area contributed by atoms with Crippen molar-refractivity contribution in [3.05, 3.63) is 78.4 Å². The smallest absolute Gasteiger partial charge is 0.211 e. The average Bonchev–Trinajstić information content (AvgIpc) is 2.74. The fraction of sp³-hybridized carbons (Fsp3) is 0.167. The molecule has 0 aliphatic carbocycles. The number of benzene rings is 3. The predicted molar refractivity (Wildman–Crippen MR) is 111 cm³/mol. The minimum atomic E-state index is -0.658. The van der Waals surface area contributed by atoms with Crippen LogP contribution in [0.4, 0.5) is 5.69 Å². The maximum absolute atomic E-state index is 11.1. The number of rotatable bonds is 6. The lowest BCUT2D eigenvalue weighted by atomic mass is 9.82. The van der Waals surface area contributed by atoms with E-state index in [-0.39, 0.29) is 0 Å². The van der Waals surface area contributed by atoms with Gasteiger partial charge in [-0.25, -0.2) is 9.59 Å². The molecule has 0 spiro atoms. The maximum Gasteiger partial charge on any atom is 0.240 e. The first-order valence-corrected chi connectivity index (χ1v) is 9.09. The highest BCUT2D eigenvalue weighted by atomic mass is 16.1. The average molecular weight is 368 g/mol. The lowest BCUT2D eigenvalue weighted by molar-refractivity contribution is 0.470. The first-order chi connectivity index (χ1) is 13.6. The van der Waals surface area contributed by atoms with Gasteiger partial charge in [-0.2, -0.15) is 9.98 Å². The Balaban J connectivity index is 2.25. The Kier molecular flexibility index (Phi) is 5.76. The quantitative estimate of drug-likeness (QED) is 0.399. The molecule has 138 valence electrons. The van der Waals surface area contributed by atoms with Crippen molar-refractivity contribution < 1.29 is 9.59 Å². The van der Waals surface area contributed by atoms with Crippen molar-refractivity contribution in [3.63, 3.8) is 0 Å². The normalized spacial score (nSPS) is 12.4. The predicted octanol–water partition coefficient (Wildman–Crippen LogP) is 5.95. The molecule has 0 aromatic heterocycles. The number of nitrogens with zero attached hydrogens (tertiary/aromatic N) is 2. The molecule has 0 heterocycles. The van der Waals surface area contributed by atoms with E-state index in [1.54, 1.807) is 18.2 Å². The Labute approximate surface area is 164 Å². The van der Waals surface area contributed by atoms with E-state index in [0.717, 1.165) is 27.8 Å². The Hall–Kier alpha value is -3.58. The van der Waals surface area contributed by atoms with E-state index in [1.165, 1.54) is 0 Å². The van der Waals surface area contributed by atoms with Crippen LogP contribution in [-0.2, 0) is 15.1 Å². The van der Waals surface area contributed by atoms with Gasteiger partial charge in [0.15, 0.2) is 0 Å². The topological polar surface area (TPSA) is 58.9 Å². The highest BCUT2D eigenvalue weighted by molar-refractivity contribution is 5.86. The van der Waals surface area contributed by atoms with Gasteiger partial charge in [0.25, 0.3) is 0 Å². The van der Waals surface area contributed by atoms with E-state index in [1.807, 2.05) is 80.6 Å². The van der Waals surface area contributed by atoms with Gasteiger partial charge in [0.1, 0.15) is 0 Å². The first-order valence-electron chi connectivity index (χ1n) is 9.09. The highest BCUT2D eigenvalue weighted by Gasteiger charge is 2.27. The van der Waals surface area contributed by atoms with Gasteiger partial charge < -0.3 is 0 Å². The maximum atomic E-state index is 11.1. The molecule has 0 amide bonds. The van der Waals surface area contributed by atoms with E-state index >= 15 is 0 Å². The molecule has 0 fully saturated rings. The lowest BCUT2D eigenvalue weighted by Crippen LogP contribution is -2.18. The van der Waals surface area contributed by atoms with Crippen molar-refractivity contribution in [2.24, 2.45) is 9.98 Å². The van der Waals surface area contributed by atoms with Gasteiger partial charge in [0.05, 0.1) is 11.2 Å². The van der Waals surface area contributed by atoms with Crippen molar-refractivity contribution in [3.8, 4) is 22.3 Å². The first kappa shape index (κ1) is 19.2. The second-order valence-electron chi connectivity index (χ2n) is 6.68. The van der Waals surface area contributed by atoms with E-state index in [4.69, 9.17) is 0 Å². The Morgan fingerprint density at radius 1 is 0.821 bits per heavy atom. The molecular formula is C24H20N2O2. The largest absolute Gasteiger partial charge is 0.240 e. The summed E-state index contributed by atoms with van der Waals surface area (Å²) in [6, 6.07) is 23.5. The molecule has 0 saturated carbocycles. The molecule has 28 heavy (non-hydrogen) atoms. The van der Waals surface area contributed by atoms with Crippen molar-refractivity contribution in [2.75, 3.05) is 0 Å². The van der Waals surface area contributed by atoms with Crippen LogP contribution in [0.5, 0.6) is 0 Å². The third-order valence-electron chi connectivity index (χ3n) is 5.04. The molecule has 4 heteroatoms. The van der Waals surface area contributed by atoms with Gasteiger partial charge in [-0.3, -0.25) is 0 Å². The number of hydrogen-bond donors (Lipinski definition) is 0. The van der Waals surface area contributed by atoms with Crippen LogP contribution in [0.2, 0.25) is 0 Å². The summed E-state index contributed by atoms with van der Waals surface area (Å²) < 4.78 is 0. The van der Waals surface area contributed by atoms with E-state index in [2.05, 4.69) is 9.98 Å². The fourth-order valence-electron chi connectivity index (χ4n) is 3.38. The summed E-state index contributed by atoms with van der Waals surface area (Å²) in [5, 5.41) is 0. The van der Waals surface area contributed by atoms with Crippen LogP contribution in [0.1, 0.15) is 25.8 Å². The molecule has 0 radical (unpaired) electrons. The van der Waals surface area contributed by atoms with Crippen molar-refractivity contribution in [1.29, 1.82) is 0 Å². The summed E-state index contributed by atoms with van der Waals surface area (Å²) in [6.07, 6.45) is 3.99. The summed E-state index contributed by atoms with van der Waals surface area (Å²) in [4.78, 5) is 29.5. The molecule has 0 saturated heterocycles.